The number of furan rings is 2. The van der Waals surface area contributed by atoms with Gasteiger partial charge >= 0.3 is 0 Å². The second kappa shape index (κ2) is 12.0. The van der Waals surface area contributed by atoms with Crippen LogP contribution in [-0.4, -0.2) is 0 Å². The SMILES string of the molecule is [2H]c1c([2H])c([2H])c(-c2cccc3oc4cc(N(c5ccc6c(c5)C(C)(C)c5ccccc5-6)c5ccc6oc7c(C(C)(C)C)cc(C(C)(C)C)cc7c6c5)ccc4c23)c([2H])c1[2H]. The second-order valence-corrected chi connectivity index (χ2v) is 17.9. The van der Waals surface area contributed by atoms with Crippen LogP contribution in [-0.2, 0) is 16.2 Å². The highest BCUT2D eigenvalue weighted by Crippen LogP contribution is 2.51. The molecule has 0 radical (unpaired) electrons. The van der Waals surface area contributed by atoms with Gasteiger partial charge in [0.05, 0.1) is 6.85 Å². The summed E-state index contributed by atoms with van der Waals surface area (Å²) >= 11 is 0. The number of hydrogen-bond acceptors (Lipinski definition) is 3. The molecule has 0 atom stereocenters. The van der Waals surface area contributed by atoms with Gasteiger partial charge in [-0.2, -0.15) is 0 Å². The van der Waals surface area contributed by atoms with Crippen molar-refractivity contribution < 1.29 is 15.7 Å². The van der Waals surface area contributed by atoms with E-state index in [-0.39, 0.29) is 46.0 Å². The van der Waals surface area contributed by atoms with Gasteiger partial charge in [-0.25, -0.2) is 0 Å². The second-order valence-electron chi connectivity index (χ2n) is 17.9. The lowest BCUT2D eigenvalue weighted by atomic mass is 9.79. The van der Waals surface area contributed by atoms with Gasteiger partial charge in [-0.1, -0.05) is 134 Å². The third kappa shape index (κ3) is 5.24. The van der Waals surface area contributed by atoms with Gasteiger partial charge in [-0.05, 0) is 104 Å². The van der Waals surface area contributed by atoms with Crippen molar-refractivity contribution in [3.8, 4) is 22.3 Å². The normalized spacial score (nSPS) is 15.1. The summed E-state index contributed by atoms with van der Waals surface area (Å²) in [6.07, 6.45) is 0. The van der Waals surface area contributed by atoms with Gasteiger partial charge in [0.1, 0.15) is 22.3 Å². The summed E-state index contributed by atoms with van der Waals surface area (Å²) in [4.78, 5) is 2.28. The molecule has 0 fully saturated rings. The molecule has 2 heterocycles. The summed E-state index contributed by atoms with van der Waals surface area (Å²) in [5.74, 6) is 0. The highest BCUT2D eigenvalue weighted by Gasteiger charge is 2.36. The van der Waals surface area contributed by atoms with E-state index in [1.807, 2.05) is 18.2 Å². The number of anilines is 3. The molecule has 2 aromatic heterocycles. The molecule has 9 aromatic rings. The van der Waals surface area contributed by atoms with Crippen molar-refractivity contribution in [3.63, 3.8) is 0 Å². The number of hydrogen-bond donors (Lipinski definition) is 0. The van der Waals surface area contributed by atoms with Crippen LogP contribution in [0.2, 0.25) is 0 Å². The summed E-state index contributed by atoms with van der Waals surface area (Å²) in [6.45, 7) is 18.1. The summed E-state index contributed by atoms with van der Waals surface area (Å²) in [6, 6.07) is 36.5. The lowest BCUT2D eigenvalue weighted by molar-refractivity contribution is 0.559. The van der Waals surface area contributed by atoms with Crippen molar-refractivity contribution in [1.29, 1.82) is 0 Å². The summed E-state index contributed by atoms with van der Waals surface area (Å²) in [7, 11) is 0. The van der Waals surface area contributed by atoms with Gasteiger partial charge in [-0.3, -0.25) is 0 Å². The summed E-state index contributed by atoms with van der Waals surface area (Å²) in [5, 5.41) is 3.61. The molecule has 0 saturated heterocycles. The van der Waals surface area contributed by atoms with E-state index in [9.17, 15) is 0 Å². The number of fused-ring (bicyclic) bond motifs is 9. The monoisotopic (exact) mass is 734 g/mol. The molecular weight excluding hydrogens is 683 g/mol. The minimum atomic E-state index is -0.419. The van der Waals surface area contributed by atoms with E-state index in [1.165, 1.54) is 33.4 Å². The highest BCUT2D eigenvalue weighted by atomic mass is 16.3. The molecule has 3 heteroatoms. The van der Waals surface area contributed by atoms with Crippen LogP contribution in [0.5, 0.6) is 0 Å². The Labute approximate surface area is 336 Å². The van der Waals surface area contributed by atoms with E-state index in [0.717, 1.165) is 44.4 Å². The van der Waals surface area contributed by atoms with Crippen molar-refractivity contribution >= 4 is 60.9 Å². The molecule has 0 N–H and O–H groups in total. The van der Waals surface area contributed by atoms with E-state index in [0.29, 0.717) is 22.1 Å². The number of benzene rings is 7. The van der Waals surface area contributed by atoms with Crippen LogP contribution in [0, 0.1) is 0 Å². The fourth-order valence-corrected chi connectivity index (χ4v) is 8.82. The summed E-state index contributed by atoms with van der Waals surface area (Å²) in [5.41, 5.74) is 13.5. The van der Waals surface area contributed by atoms with Gasteiger partial charge in [0, 0.05) is 55.7 Å². The number of nitrogens with zero attached hydrogens (tertiary/aromatic N) is 1. The van der Waals surface area contributed by atoms with Crippen molar-refractivity contribution in [3.05, 3.63) is 162 Å². The molecule has 0 bridgehead atoms. The molecule has 0 unspecified atom stereocenters. The quantitative estimate of drug-likeness (QED) is 0.180. The fraction of sp³-hybridized carbons (Fsp3) is 0.208. The van der Waals surface area contributed by atoms with E-state index in [4.69, 9.17) is 15.7 Å². The molecule has 56 heavy (non-hydrogen) atoms. The van der Waals surface area contributed by atoms with Crippen molar-refractivity contribution in [2.75, 3.05) is 4.90 Å². The van der Waals surface area contributed by atoms with Gasteiger partial charge in [-0.15, -0.1) is 0 Å². The Morgan fingerprint density at radius 3 is 2.02 bits per heavy atom. The smallest absolute Gasteiger partial charge is 0.139 e. The van der Waals surface area contributed by atoms with Crippen molar-refractivity contribution in [2.45, 2.75) is 71.6 Å². The van der Waals surface area contributed by atoms with Crippen LogP contribution in [0.1, 0.15) is 84.5 Å². The van der Waals surface area contributed by atoms with Crippen LogP contribution in [0.4, 0.5) is 17.1 Å². The van der Waals surface area contributed by atoms with Crippen LogP contribution in [0.25, 0.3) is 66.1 Å². The molecule has 276 valence electrons. The van der Waals surface area contributed by atoms with Crippen molar-refractivity contribution in [2.24, 2.45) is 0 Å². The first-order valence-corrected chi connectivity index (χ1v) is 19.4. The first-order valence-electron chi connectivity index (χ1n) is 21.9. The Balaban J connectivity index is 1.21. The van der Waals surface area contributed by atoms with E-state index < -0.39 is 6.04 Å². The molecule has 1 aliphatic rings. The maximum Gasteiger partial charge on any atom is 0.139 e. The first kappa shape index (κ1) is 29.3. The van der Waals surface area contributed by atoms with Gasteiger partial charge < -0.3 is 13.7 Å². The highest BCUT2D eigenvalue weighted by molar-refractivity contribution is 6.13. The zero-order valence-corrected chi connectivity index (χ0v) is 33.2. The minimum Gasteiger partial charge on any atom is -0.456 e. The topological polar surface area (TPSA) is 29.5 Å². The van der Waals surface area contributed by atoms with Crippen LogP contribution in [0.15, 0.2) is 148 Å². The van der Waals surface area contributed by atoms with Gasteiger partial charge in [0.25, 0.3) is 0 Å². The van der Waals surface area contributed by atoms with E-state index >= 15 is 0 Å². The largest absolute Gasteiger partial charge is 0.456 e. The van der Waals surface area contributed by atoms with Crippen LogP contribution < -0.4 is 4.90 Å². The van der Waals surface area contributed by atoms with E-state index in [2.05, 4.69) is 139 Å². The predicted molar refractivity (Wildman–Crippen MR) is 236 cm³/mol. The molecule has 0 aliphatic heterocycles. The molecule has 0 amide bonds. The zero-order valence-electron chi connectivity index (χ0n) is 38.2. The van der Waals surface area contributed by atoms with Gasteiger partial charge in [0.15, 0.2) is 0 Å². The lowest BCUT2D eigenvalue weighted by Crippen LogP contribution is -2.16. The molecule has 10 rings (SSSR count). The average molecular weight is 735 g/mol. The lowest BCUT2D eigenvalue weighted by Gasteiger charge is -2.28. The Kier molecular flexibility index (Phi) is 6.25. The van der Waals surface area contributed by atoms with E-state index in [1.54, 1.807) is 12.1 Å². The summed E-state index contributed by atoms with van der Waals surface area (Å²) < 4.78 is 55.8. The fourth-order valence-electron chi connectivity index (χ4n) is 8.82. The molecule has 0 saturated carbocycles. The molecule has 1 aliphatic carbocycles. The standard InChI is InChI=1S/C53H47NO2/c1-51(2,3)33-27-42-41-29-34(23-26-46(41)56-50(42)45(28-33)52(4,5)6)54(35-21-24-39-38-17-12-13-19-43(38)53(7,8)44(39)30-35)36-22-25-40-48(31-36)55-47-20-14-18-37(49(40)47)32-15-10-9-11-16-32/h9-31H,1-8H3/i9D,10D,11D,15D,16D. The first-order chi connectivity index (χ1) is 28.8. The average Bonchev–Trinajstić information content (AvgIpc) is 3.86. The molecule has 7 aromatic carbocycles. The van der Waals surface area contributed by atoms with Crippen LogP contribution in [0.3, 0.4) is 0 Å². The zero-order chi connectivity index (χ0) is 43.1. The Morgan fingerprint density at radius 2 is 1.23 bits per heavy atom. The Bertz CT molecular complexity index is 3290. The predicted octanol–water partition coefficient (Wildman–Crippen LogP) is 15.5. The third-order valence-electron chi connectivity index (χ3n) is 11.8. The third-order valence-corrected chi connectivity index (χ3v) is 11.8. The molecule has 0 spiro atoms. The Morgan fingerprint density at radius 1 is 0.536 bits per heavy atom. The maximum absolute atomic E-state index is 8.78. The van der Waals surface area contributed by atoms with Gasteiger partial charge in [0.2, 0.25) is 0 Å². The Hall–Kier alpha value is -6.06. The minimum absolute atomic E-state index is 0.0688. The molecule has 3 nitrogen and oxygen atoms in total. The van der Waals surface area contributed by atoms with Crippen molar-refractivity contribution in [1.82, 2.24) is 0 Å². The maximum atomic E-state index is 8.78. The molecular formula is C53H47NO2. The number of rotatable bonds is 4. The van der Waals surface area contributed by atoms with Crippen LogP contribution >= 0.6 is 0 Å².